The van der Waals surface area contributed by atoms with Crippen LogP contribution in [0, 0.1) is 17.8 Å². The van der Waals surface area contributed by atoms with Crippen LogP contribution in [-0.2, 0) is 12.7 Å². The first kappa shape index (κ1) is 17.1. The summed E-state index contributed by atoms with van der Waals surface area (Å²) >= 11 is 0. The maximum Gasteiger partial charge on any atom is 0.416 e. The maximum atomic E-state index is 13.1. The van der Waals surface area contributed by atoms with E-state index in [1.54, 1.807) is 12.1 Å². The minimum atomic E-state index is -4.27. The zero-order chi connectivity index (χ0) is 17.4. The molecule has 3 atom stereocenters. The molecule has 2 fully saturated rings. The number of alkyl halides is 3. The fourth-order valence-corrected chi connectivity index (χ4v) is 4.74. The molecule has 5 heteroatoms. The first-order valence-corrected chi connectivity index (χ1v) is 9.27. The van der Waals surface area contributed by atoms with Gasteiger partial charge in [-0.25, -0.2) is 0 Å². The summed E-state index contributed by atoms with van der Waals surface area (Å²) in [5, 5.41) is 0. The third kappa shape index (κ3) is 3.77. The minimum absolute atomic E-state index is 0.389. The van der Waals surface area contributed by atoms with Crippen LogP contribution in [0.4, 0.5) is 13.2 Å². The lowest BCUT2D eigenvalue weighted by Gasteiger charge is -2.37. The first-order valence-electron chi connectivity index (χ1n) is 9.27. The lowest BCUT2D eigenvalue weighted by Crippen LogP contribution is -2.47. The molecule has 3 aliphatic rings. The zero-order valence-corrected chi connectivity index (χ0v) is 14.4. The van der Waals surface area contributed by atoms with Crippen LogP contribution in [0.2, 0.25) is 0 Å². The molecule has 1 heterocycles. The number of halogens is 3. The fourth-order valence-electron chi connectivity index (χ4n) is 4.74. The summed E-state index contributed by atoms with van der Waals surface area (Å²) in [5.74, 6) is 2.35. The van der Waals surface area contributed by atoms with Crippen LogP contribution in [0.1, 0.15) is 24.0 Å². The van der Waals surface area contributed by atoms with Crippen molar-refractivity contribution in [2.75, 3.05) is 32.7 Å². The van der Waals surface area contributed by atoms with Crippen molar-refractivity contribution in [1.82, 2.24) is 9.80 Å². The number of benzene rings is 1. The smallest absolute Gasteiger partial charge is 0.300 e. The van der Waals surface area contributed by atoms with Gasteiger partial charge < -0.3 is 4.90 Å². The molecular formula is C20H25F3N2. The molecule has 4 rings (SSSR count). The Kier molecular flexibility index (Phi) is 4.63. The summed E-state index contributed by atoms with van der Waals surface area (Å²) in [5.41, 5.74) is -0.104. The van der Waals surface area contributed by atoms with Crippen molar-refractivity contribution in [2.45, 2.75) is 25.6 Å². The Hall–Kier alpha value is -1.33. The van der Waals surface area contributed by atoms with Gasteiger partial charge in [-0.1, -0.05) is 30.4 Å². The van der Waals surface area contributed by atoms with Crippen molar-refractivity contribution in [1.29, 1.82) is 0 Å². The van der Waals surface area contributed by atoms with Crippen LogP contribution < -0.4 is 0 Å². The predicted octanol–water partition coefficient (Wildman–Crippen LogP) is 4.04. The summed E-state index contributed by atoms with van der Waals surface area (Å²) in [6.45, 7) is 5.17. The van der Waals surface area contributed by atoms with E-state index >= 15 is 0 Å². The molecule has 1 saturated carbocycles. The Morgan fingerprint density at radius 3 is 2.28 bits per heavy atom. The molecule has 25 heavy (non-hydrogen) atoms. The Morgan fingerprint density at radius 2 is 1.64 bits per heavy atom. The van der Waals surface area contributed by atoms with Gasteiger partial charge in [0.2, 0.25) is 0 Å². The lowest BCUT2D eigenvalue weighted by atomic mass is 9.93. The number of piperazine rings is 1. The van der Waals surface area contributed by atoms with Crippen molar-refractivity contribution in [3.63, 3.8) is 0 Å². The largest absolute Gasteiger partial charge is 0.416 e. The van der Waals surface area contributed by atoms with Gasteiger partial charge in [-0.05, 0) is 42.2 Å². The van der Waals surface area contributed by atoms with Crippen LogP contribution in [0.25, 0.3) is 0 Å². The van der Waals surface area contributed by atoms with E-state index in [0.717, 1.165) is 50.5 Å². The second-order valence-electron chi connectivity index (χ2n) is 7.77. The topological polar surface area (TPSA) is 6.48 Å². The van der Waals surface area contributed by atoms with Gasteiger partial charge in [-0.15, -0.1) is 0 Å². The molecule has 0 aromatic heterocycles. The highest BCUT2D eigenvalue weighted by Crippen LogP contribution is 2.43. The van der Waals surface area contributed by atoms with Gasteiger partial charge in [0.25, 0.3) is 0 Å². The molecule has 2 aliphatic carbocycles. The van der Waals surface area contributed by atoms with Gasteiger partial charge in [0.05, 0.1) is 5.56 Å². The number of nitrogens with zero attached hydrogens (tertiary/aromatic N) is 2. The third-order valence-electron chi connectivity index (χ3n) is 6.09. The van der Waals surface area contributed by atoms with Crippen LogP contribution in [-0.4, -0.2) is 42.5 Å². The molecule has 0 N–H and O–H groups in total. The van der Waals surface area contributed by atoms with Crippen LogP contribution in [0.3, 0.4) is 0 Å². The van der Waals surface area contributed by atoms with Gasteiger partial charge in [-0.2, -0.15) is 13.2 Å². The second-order valence-corrected chi connectivity index (χ2v) is 7.77. The molecule has 0 radical (unpaired) electrons. The Balaban J connectivity index is 1.30. The predicted molar refractivity (Wildman–Crippen MR) is 92.0 cm³/mol. The summed E-state index contributed by atoms with van der Waals surface area (Å²) in [6.07, 6.45) is 3.15. The SMILES string of the molecule is FC(F)(F)c1ccccc1CN1CCN(C[C@@H]2C[C@@H]3C=C[C@@H]2C3)CC1. The molecule has 1 aromatic carbocycles. The maximum absolute atomic E-state index is 13.1. The summed E-state index contributed by atoms with van der Waals surface area (Å²) in [4.78, 5) is 4.66. The summed E-state index contributed by atoms with van der Waals surface area (Å²) < 4.78 is 39.4. The molecule has 0 unspecified atom stereocenters. The number of hydrogen-bond donors (Lipinski definition) is 0. The van der Waals surface area contributed by atoms with E-state index in [1.165, 1.54) is 25.0 Å². The van der Waals surface area contributed by atoms with E-state index in [4.69, 9.17) is 0 Å². The molecule has 1 saturated heterocycles. The fraction of sp³-hybridized carbons (Fsp3) is 0.600. The molecule has 0 spiro atoms. The molecule has 1 aromatic rings. The quantitative estimate of drug-likeness (QED) is 0.757. The zero-order valence-electron chi connectivity index (χ0n) is 14.4. The minimum Gasteiger partial charge on any atom is -0.300 e. The van der Waals surface area contributed by atoms with E-state index in [0.29, 0.717) is 12.1 Å². The Bertz CT molecular complexity index is 632. The average Bonchev–Trinajstić information content (AvgIpc) is 3.19. The monoisotopic (exact) mass is 350 g/mol. The van der Waals surface area contributed by atoms with E-state index in [1.807, 2.05) is 0 Å². The Morgan fingerprint density at radius 1 is 0.920 bits per heavy atom. The molecule has 2 bridgehead atoms. The standard InChI is InChI=1S/C20H25F3N2/c21-20(22,23)19-4-2-1-3-17(19)13-24-7-9-25(10-8-24)14-18-12-15-5-6-16(18)11-15/h1-6,15-16,18H,7-14H2/t15-,16-,18+/m1/s1. The summed E-state index contributed by atoms with van der Waals surface area (Å²) in [6, 6.07) is 5.96. The number of fused-ring (bicyclic) bond motifs is 2. The molecular weight excluding hydrogens is 325 g/mol. The molecule has 2 nitrogen and oxygen atoms in total. The van der Waals surface area contributed by atoms with Gasteiger partial charge in [0.15, 0.2) is 0 Å². The van der Waals surface area contributed by atoms with Gasteiger partial charge in [0.1, 0.15) is 0 Å². The van der Waals surface area contributed by atoms with Crippen LogP contribution in [0.5, 0.6) is 0 Å². The van der Waals surface area contributed by atoms with Crippen molar-refractivity contribution in [3.8, 4) is 0 Å². The van der Waals surface area contributed by atoms with Crippen LogP contribution >= 0.6 is 0 Å². The first-order chi connectivity index (χ1) is 12.0. The van der Waals surface area contributed by atoms with E-state index < -0.39 is 11.7 Å². The number of rotatable bonds is 4. The lowest BCUT2D eigenvalue weighted by molar-refractivity contribution is -0.138. The molecule has 1 aliphatic heterocycles. The van der Waals surface area contributed by atoms with Crippen molar-refractivity contribution >= 4 is 0 Å². The van der Waals surface area contributed by atoms with E-state index in [-0.39, 0.29) is 0 Å². The van der Waals surface area contributed by atoms with Gasteiger partial charge in [-0.3, -0.25) is 4.90 Å². The number of hydrogen-bond acceptors (Lipinski definition) is 2. The van der Waals surface area contributed by atoms with E-state index in [2.05, 4.69) is 22.0 Å². The highest BCUT2D eigenvalue weighted by Gasteiger charge is 2.37. The number of allylic oxidation sites excluding steroid dienone is 2. The molecule has 136 valence electrons. The van der Waals surface area contributed by atoms with Crippen molar-refractivity contribution < 1.29 is 13.2 Å². The third-order valence-corrected chi connectivity index (χ3v) is 6.09. The highest BCUT2D eigenvalue weighted by atomic mass is 19.4. The highest BCUT2D eigenvalue weighted by molar-refractivity contribution is 5.29. The van der Waals surface area contributed by atoms with Gasteiger partial charge in [0, 0.05) is 39.3 Å². The summed E-state index contributed by atoms with van der Waals surface area (Å²) in [7, 11) is 0. The van der Waals surface area contributed by atoms with Gasteiger partial charge >= 0.3 is 6.18 Å². The van der Waals surface area contributed by atoms with Crippen molar-refractivity contribution in [2.24, 2.45) is 17.8 Å². The van der Waals surface area contributed by atoms with Crippen LogP contribution in [0.15, 0.2) is 36.4 Å². The molecule has 0 amide bonds. The average molecular weight is 350 g/mol. The Labute approximate surface area is 147 Å². The van der Waals surface area contributed by atoms with E-state index in [9.17, 15) is 13.2 Å². The van der Waals surface area contributed by atoms with Crippen molar-refractivity contribution in [3.05, 3.63) is 47.5 Å². The normalized spacial score (nSPS) is 30.3. The second kappa shape index (κ2) is 6.76.